The molecule has 1 fully saturated rings. The van der Waals surface area contributed by atoms with E-state index in [2.05, 4.69) is 5.32 Å². The summed E-state index contributed by atoms with van der Waals surface area (Å²) in [5.41, 5.74) is 0.551. The van der Waals surface area contributed by atoms with Crippen molar-refractivity contribution in [1.82, 2.24) is 10.2 Å². The molecular weight excluding hydrogens is 304 g/mol. The molecule has 1 aromatic carbocycles. The number of nitrogens with one attached hydrogen (secondary N) is 1. The molecule has 0 radical (unpaired) electrons. The van der Waals surface area contributed by atoms with Gasteiger partial charge in [-0.25, -0.2) is 0 Å². The van der Waals surface area contributed by atoms with Crippen LogP contribution in [0.15, 0.2) is 30.3 Å². The van der Waals surface area contributed by atoms with Gasteiger partial charge >= 0.3 is 0 Å². The van der Waals surface area contributed by atoms with E-state index in [1.807, 2.05) is 44.2 Å². The number of likely N-dealkylation sites (tertiary alicyclic amines) is 1. The Labute approximate surface area is 144 Å². The van der Waals surface area contributed by atoms with Crippen LogP contribution < -0.4 is 5.32 Å². The molecule has 132 valence electrons. The number of ether oxygens (including phenoxy) is 1. The number of carbonyl (C=O) groups is 2. The Bertz CT molecular complexity index is 547. The molecule has 1 aliphatic rings. The Morgan fingerprint density at radius 1 is 1.29 bits per heavy atom. The van der Waals surface area contributed by atoms with E-state index in [1.165, 1.54) is 0 Å². The topological polar surface area (TPSA) is 58.6 Å². The van der Waals surface area contributed by atoms with E-state index in [9.17, 15) is 9.59 Å². The molecule has 1 heterocycles. The first-order valence-electron chi connectivity index (χ1n) is 8.73. The van der Waals surface area contributed by atoms with Crippen molar-refractivity contribution < 1.29 is 14.3 Å². The van der Waals surface area contributed by atoms with Gasteiger partial charge in [0.15, 0.2) is 0 Å². The summed E-state index contributed by atoms with van der Waals surface area (Å²) in [5.74, 6) is 0.00667. The Morgan fingerprint density at radius 3 is 2.75 bits per heavy atom. The lowest BCUT2D eigenvalue weighted by atomic mass is 9.81. The van der Waals surface area contributed by atoms with Crippen LogP contribution in [0.25, 0.3) is 0 Å². The van der Waals surface area contributed by atoms with E-state index in [-0.39, 0.29) is 18.4 Å². The molecule has 1 saturated heterocycles. The second-order valence-corrected chi connectivity index (χ2v) is 6.71. The third-order valence-electron chi connectivity index (χ3n) is 4.47. The van der Waals surface area contributed by atoms with Crippen LogP contribution in [-0.2, 0) is 20.9 Å². The summed E-state index contributed by atoms with van der Waals surface area (Å²) in [4.78, 5) is 26.5. The van der Waals surface area contributed by atoms with Gasteiger partial charge in [-0.15, -0.1) is 0 Å². The van der Waals surface area contributed by atoms with Gasteiger partial charge in [-0.05, 0) is 31.7 Å². The molecule has 24 heavy (non-hydrogen) atoms. The van der Waals surface area contributed by atoms with E-state index in [0.717, 1.165) is 24.8 Å². The zero-order chi connectivity index (χ0) is 17.4. The maximum Gasteiger partial charge on any atom is 0.248 e. The molecule has 1 aromatic rings. The summed E-state index contributed by atoms with van der Waals surface area (Å²) in [5, 5.41) is 2.96. The maximum absolute atomic E-state index is 12.4. The quantitative estimate of drug-likeness (QED) is 0.834. The second kappa shape index (κ2) is 8.83. The van der Waals surface area contributed by atoms with Gasteiger partial charge < -0.3 is 15.0 Å². The summed E-state index contributed by atoms with van der Waals surface area (Å²) in [6.45, 7) is 6.31. The SMILES string of the molecule is CCCNC(=O)C1(C)CCCN(C(=O)COCc2ccccc2)C1. The van der Waals surface area contributed by atoms with Crippen molar-refractivity contribution >= 4 is 11.8 Å². The van der Waals surface area contributed by atoms with Crippen LogP contribution >= 0.6 is 0 Å². The van der Waals surface area contributed by atoms with Gasteiger partial charge in [0.1, 0.15) is 6.61 Å². The normalized spacial score (nSPS) is 20.7. The summed E-state index contributed by atoms with van der Waals surface area (Å²) < 4.78 is 5.54. The fourth-order valence-corrected chi connectivity index (χ4v) is 3.01. The zero-order valence-electron chi connectivity index (χ0n) is 14.7. The lowest BCUT2D eigenvalue weighted by Gasteiger charge is -2.39. The molecular formula is C19H28N2O3. The molecule has 5 nitrogen and oxygen atoms in total. The fourth-order valence-electron chi connectivity index (χ4n) is 3.01. The lowest BCUT2D eigenvalue weighted by molar-refractivity contribution is -0.144. The van der Waals surface area contributed by atoms with Gasteiger partial charge in [0.05, 0.1) is 12.0 Å². The van der Waals surface area contributed by atoms with E-state index in [1.54, 1.807) is 4.90 Å². The number of hydrogen-bond donors (Lipinski definition) is 1. The van der Waals surface area contributed by atoms with Crippen molar-refractivity contribution in [3.8, 4) is 0 Å². The van der Waals surface area contributed by atoms with Crippen molar-refractivity contribution in [2.24, 2.45) is 5.41 Å². The van der Waals surface area contributed by atoms with Crippen LogP contribution in [0.4, 0.5) is 0 Å². The smallest absolute Gasteiger partial charge is 0.248 e. The molecule has 1 atom stereocenters. The molecule has 5 heteroatoms. The van der Waals surface area contributed by atoms with E-state index in [4.69, 9.17) is 4.74 Å². The summed E-state index contributed by atoms with van der Waals surface area (Å²) >= 11 is 0. The molecule has 1 unspecified atom stereocenters. The lowest BCUT2D eigenvalue weighted by Crippen LogP contribution is -2.52. The highest BCUT2D eigenvalue weighted by atomic mass is 16.5. The number of rotatable bonds is 7. The predicted molar refractivity (Wildman–Crippen MR) is 93.3 cm³/mol. The number of amides is 2. The number of hydrogen-bond acceptors (Lipinski definition) is 3. The monoisotopic (exact) mass is 332 g/mol. The molecule has 0 bridgehead atoms. The van der Waals surface area contributed by atoms with Crippen LogP contribution in [0.3, 0.4) is 0 Å². The standard InChI is InChI=1S/C19H28N2O3/c1-3-11-20-18(23)19(2)10-7-12-21(15-19)17(22)14-24-13-16-8-5-4-6-9-16/h4-6,8-9H,3,7,10-15H2,1-2H3,(H,20,23). The van der Waals surface area contributed by atoms with E-state index in [0.29, 0.717) is 26.2 Å². The Hall–Kier alpha value is -1.88. The zero-order valence-corrected chi connectivity index (χ0v) is 14.7. The molecule has 1 N–H and O–H groups in total. The predicted octanol–water partition coefficient (Wildman–Crippen LogP) is 2.36. The van der Waals surface area contributed by atoms with Gasteiger partial charge in [0, 0.05) is 19.6 Å². The minimum absolute atomic E-state index is 0.0415. The summed E-state index contributed by atoms with van der Waals surface area (Å²) in [7, 11) is 0. The summed E-state index contributed by atoms with van der Waals surface area (Å²) in [6, 6.07) is 9.80. The van der Waals surface area contributed by atoms with Crippen molar-refractivity contribution in [2.75, 3.05) is 26.2 Å². The third kappa shape index (κ3) is 5.06. The van der Waals surface area contributed by atoms with Crippen molar-refractivity contribution in [3.63, 3.8) is 0 Å². The van der Waals surface area contributed by atoms with Gasteiger partial charge in [-0.3, -0.25) is 9.59 Å². The Kier molecular flexibility index (Phi) is 6.79. The average molecular weight is 332 g/mol. The highest BCUT2D eigenvalue weighted by Gasteiger charge is 2.38. The highest BCUT2D eigenvalue weighted by Crippen LogP contribution is 2.29. The number of benzene rings is 1. The Morgan fingerprint density at radius 2 is 2.04 bits per heavy atom. The van der Waals surface area contributed by atoms with Gasteiger partial charge in [0.2, 0.25) is 11.8 Å². The fraction of sp³-hybridized carbons (Fsp3) is 0.579. The van der Waals surface area contributed by atoms with Gasteiger partial charge in [-0.2, -0.15) is 0 Å². The molecule has 2 amide bonds. The Balaban J connectivity index is 1.82. The van der Waals surface area contributed by atoms with Gasteiger partial charge in [-0.1, -0.05) is 37.3 Å². The minimum atomic E-state index is -0.498. The van der Waals surface area contributed by atoms with Crippen LogP contribution in [0.2, 0.25) is 0 Å². The molecule has 1 aliphatic heterocycles. The largest absolute Gasteiger partial charge is 0.367 e. The molecule has 2 rings (SSSR count). The van der Waals surface area contributed by atoms with Crippen molar-refractivity contribution in [1.29, 1.82) is 0 Å². The van der Waals surface area contributed by atoms with Crippen LogP contribution in [0.5, 0.6) is 0 Å². The number of carbonyl (C=O) groups excluding carboxylic acids is 2. The summed E-state index contributed by atoms with van der Waals surface area (Å²) in [6.07, 6.45) is 2.58. The van der Waals surface area contributed by atoms with Crippen molar-refractivity contribution in [3.05, 3.63) is 35.9 Å². The number of piperidine rings is 1. The highest BCUT2D eigenvalue weighted by molar-refractivity contribution is 5.84. The number of nitrogens with zero attached hydrogens (tertiary/aromatic N) is 1. The third-order valence-corrected chi connectivity index (χ3v) is 4.47. The first-order chi connectivity index (χ1) is 11.5. The van der Waals surface area contributed by atoms with Crippen LogP contribution in [-0.4, -0.2) is 43.0 Å². The van der Waals surface area contributed by atoms with Gasteiger partial charge in [0.25, 0.3) is 0 Å². The average Bonchev–Trinajstić information content (AvgIpc) is 2.60. The minimum Gasteiger partial charge on any atom is -0.367 e. The molecule has 0 saturated carbocycles. The second-order valence-electron chi connectivity index (χ2n) is 6.71. The van der Waals surface area contributed by atoms with E-state index >= 15 is 0 Å². The molecule has 0 aliphatic carbocycles. The first kappa shape index (κ1) is 18.5. The molecule has 0 spiro atoms. The van der Waals surface area contributed by atoms with Crippen LogP contribution in [0.1, 0.15) is 38.7 Å². The van der Waals surface area contributed by atoms with Crippen LogP contribution in [0, 0.1) is 5.41 Å². The first-order valence-corrected chi connectivity index (χ1v) is 8.73. The van der Waals surface area contributed by atoms with Crippen molar-refractivity contribution in [2.45, 2.75) is 39.7 Å². The maximum atomic E-state index is 12.4. The van der Waals surface area contributed by atoms with E-state index < -0.39 is 5.41 Å². The molecule has 0 aromatic heterocycles.